The molecule has 0 radical (unpaired) electrons. The summed E-state index contributed by atoms with van der Waals surface area (Å²) in [5.41, 5.74) is 6.12. The molecular weight excluding hydrogens is 267 g/mol. The first-order chi connectivity index (χ1) is 9.04. The quantitative estimate of drug-likeness (QED) is 0.875. The van der Waals surface area contributed by atoms with Gasteiger partial charge in [0, 0.05) is 36.3 Å². The number of nitrogens with two attached hydrogens (primary N) is 1. The van der Waals surface area contributed by atoms with Crippen molar-refractivity contribution in [1.82, 2.24) is 5.32 Å². The van der Waals surface area contributed by atoms with Gasteiger partial charge in [-0.2, -0.15) is 0 Å². The third-order valence-corrected chi connectivity index (χ3v) is 3.83. The van der Waals surface area contributed by atoms with Crippen LogP contribution in [0.15, 0.2) is 18.2 Å². The third-order valence-electron chi connectivity index (χ3n) is 3.60. The maximum atomic E-state index is 13.9. The van der Waals surface area contributed by atoms with Crippen molar-refractivity contribution in [3.05, 3.63) is 34.6 Å². The summed E-state index contributed by atoms with van der Waals surface area (Å²) in [4.78, 5) is 0. The highest BCUT2D eigenvalue weighted by molar-refractivity contribution is 6.30. The standard InChI is InChI=1S/C14H20ClFN2O/c1-14(5-2-6-19-14)9-18-13(8-17)11-4-3-10(15)7-12(11)16/h3-4,7,13,18H,2,5-6,8-9,17H2,1H3. The Morgan fingerprint density at radius 2 is 2.37 bits per heavy atom. The Hall–Kier alpha value is -0.680. The van der Waals surface area contributed by atoms with Crippen LogP contribution in [0.1, 0.15) is 31.4 Å². The van der Waals surface area contributed by atoms with Crippen LogP contribution in [-0.4, -0.2) is 25.3 Å². The molecule has 1 aliphatic rings. The zero-order chi connectivity index (χ0) is 13.9. The van der Waals surface area contributed by atoms with E-state index in [0.717, 1.165) is 19.4 Å². The van der Waals surface area contributed by atoms with Crippen molar-refractivity contribution >= 4 is 11.6 Å². The topological polar surface area (TPSA) is 47.3 Å². The fourth-order valence-electron chi connectivity index (χ4n) is 2.42. The molecule has 3 nitrogen and oxygen atoms in total. The van der Waals surface area contributed by atoms with Gasteiger partial charge in [0.05, 0.1) is 5.60 Å². The lowest BCUT2D eigenvalue weighted by atomic mass is 10.0. The molecule has 5 heteroatoms. The Kier molecular flexibility index (Phi) is 4.79. The molecule has 106 valence electrons. The maximum absolute atomic E-state index is 13.9. The van der Waals surface area contributed by atoms with Gasteiger partial charge in [0.15, 0.2) is 0 Å². The molecule has 1 aromatic rings. The van der Waals surface area contributed by atoms with E-state index in [1.165, 1.54) is 6.07 Å². The minimum Gasteiger partial charge on any atom is -0.374 e. The lowest BCUT2D eigenvalue weighted by Gasteiger charge is -2.27. The summed E-state index contributed by atoms with van der Waals surface area (Å²) in [6.07, 6.45) is 2.08. The molecule has 2 rings (SSSR count). The molecule has 0 bridgehead atoms. The van der Waals surface area contributed by atoms with Crippen LogP contribution in [0.5, 0.6) is 0 Å². The summed E-state index contributed by atoms with van der Waals surface area (Å²) in [5.74, 6) is -0.326. The minimum absolute atomic E-state index is 0.170. The summed E-state index contributed by atoms with van der Waals surface area (Å²) in [7, 11) is 0. The van der Waals surface area contributed by atoms with Crippen LogP contribution >= 0.6 is 11.6 Å². The Labute approximate surface area is 118 Å². The molecule has 0 saturated carbocycles. The highest BCUT2D eigenvalue weighted by Crippen LogP contribution is 2.26. The number of halogens is 2. The van der Waals surface area contributed by atoms with Gasteiger partial charge >= 0.3 is 0 Å². The normalized spacial score (nSPS) is 24.6. The lowest BCUT2D eigenvalue weighted by Crippen LogP contribution is -2.41. The van der Waals surface area contributed by atoms with Crippen LogP contribution in [0.2, 0.25) is 5.02 Å². The van der Waals surface area contributed by atoms with E-state index >= 15 is 0 Å². The monoisotopic (exact) mass is 286 g/mol. The van der Waals surface area contributed by atoms with Gasteiger partial charge in [0.25, 0.3) is 0 Å². The maximum Gasteiger partial charge on any atom is 0.129 e. The van der Waals surface area contributed by atoms with Gasteiger partial charge in [0.2, 0.25) is 0 Å². The summed E-state index contributed by atoms with van der Waals surface area (Å²) >= 11 is 5.76. The minimum atomic E-state index is -0.326. The highest BCUT2D eigenvalue weighted by atomic mass is 35.5. The number of nitrogens with one attached hydrogen (secondary N) is 1. The van der Waals surface area contributed by atoms with Crippen LogP contribution in [0.4, 0.5) is 4.39 Å². The predicted molar refractivity (Wildman–Crippen MR) is 74.8 cm³/mol. The van der Waals surface area contributed by atoms with Crippen LogP contribution in [0.3, 0.4) is 0 Å². The Balaban J connectivity index is 2.03. The van der Waals surface area contributed by atoms with Crippen molar-refractivity contribution in [2.45, 2.75) is 31.4 Å². The first kappa shape index (κ1) is 14.7. The molecule has 1 saturated heterocycles. The van der Waals surface area contributed by atoms with Gasteiger partial charge in [-0.3, -0.25) is 0 Å². The zero-order valence-corrected chi connectivity index (χ0v) is 11.8. The second-order valence-corrected chi connectivity index (χ2v) is 5.67. The Morgan fingerprint density at radius 1 is 1.58 bits per heavy atom. The van der Waals surface area contributed by atoms with Gasteiger partial charge in [-0.05, 0) is 31.9 Å². The van der Waals surface area contributed by atoms with Gasteiger partial charge in [-0.25, -0.2) is 4.39 Å². The average Bonchev–Trinajstić information content (AvgIpc) is 2.79. The largest absolute Gasteiger partial charge is 0.374 e. The van der Waals surface area contributed by atoms with E-state index in [4.69, 9.17) is 22.1 Å². The molecule has 1 aliphatic heterocycles. The van der Waals surface area contributed by atoms with Crippen molar-refractivity contribution < 1.29 is 9.13 Å². The molecule has 0 aliphatic carbocycles. The van der Waals surface area contributed by atoms with E-state index in [2.05, 4.69) is 12.2 Å². The molecule has 0 amide bonds. The van der Waals surface area contributed by atoms with Gasteiger partial charge in [0.1, 0.15) is 5.82 Å². The van der Waals surface area contributed by atoms with E-state index in [9.17, 15) is 4.39 Å². The second kappa shape index (κ2) is 6.18. The number of ether oxygens (including phenoxy) is 1. The first-order valence-corrected chi connectivity index (χ1v) is 6.94. The molecule has 0 spiro atoms. The highest BCUT2D eigenvalue weighted by Gasteiger charge is 2.30. The molecule has 1 aromatic carbocycles. The average molecular weight is 287 g/mol. The summed E-state index contributed by atoms with van der Waals surface area (Å²) < 4.78 is 19.6. The smallest absolute Gasteiger partial charge is 0.129 e. The van der Waals surface area contributed by atoms with Gasteiger partial charge < -0.3 is 15.8 Å². The summed E-state index contributed by atoms with van der Waals surface area (Å²) in [6.45, 7) is 3.85. The molecule has 2 atom stereocenters. The molecule has 19 heavy (non-hydrogen) atoms. The van der Waals surface area contributed by atoms with E-state index in [0.29, 0.717) is 23.7 Å². The van der Waals surface area contributed by atoms with Crippen molar-refractivity contribution in [2.24, 2.45) is 5.73 Å². The second-order valence-electron chi connectivity index (χ2n) is 5.24. The van der Waals surface area contributed by atoms with Gasteiger partial charge in [-0.1, -0.05) is 17.7 Å². The zero-order valence-electron chi connectivity index (χ0n) is 11.1. The number of benzene rings is 1. The SMILES string of the molecule is CC1(CNC(CN)c2ccc(Cl)cc2F)CCCO1. The van der Waals surface area contributed by atoms with Crippen molar-refractivity contribution in [3.8, 4) is 0 Å². The molecule has 0 aromatic heterocycles. The molecule has 1 heterocycles. The molecular formula is C14H20ClFN2O. The fourth-order valence-corrected chi connectivity index (χ4v) is 2.58. The van der Waals surface area contributed by atoms with E-state index < -0.39 is 0 Å². The molecule has 1 fully saturated rings. The van der Waals surface area contributed by atoms with Crippen molar-refractivity contribution in [3.63, 3.8) is 0 Å². The van der Waals surface area contributed by atoms with Crippen LogP contribution in [0, 0.1) is 5.82 Å². The van der Waals surface area contributed by atoms with Crippen LogP contribution < -0.4 is 11.1 Å². The van der Waals surface area contributed by atoms with Crippen molar-refractivity contribution in [2.75, 3.05) is 19.7 Å². The Morgan fingerprint density at radius 3 is 2.95 bits per heavy atom. The van der Waals surface area contributed by atoms with Crippen LogP contribution in [0.25, 0.3) is 0 Å². The fraction of sp³-hybridized carbons (Fsp3) is 0.571. The van der Waals surface area contributed by atoms with Gasteiger partial charge in [-0.15, -0.1) is 0 Å². The summed E-state index contributed by atoms with van der Waals surface area (Å²) in [5, 5.41) is 3.69. The first-order valence-electron chi connectivity index (χ1n) is 6.56. The van der Waals surface area contributed by atoms with Crippen molar-refractivity contribution in [1.29, 1.82) is 0 Å². The number of hydrogen-bond acceptors (Lipinski definition) is 3. The van der Waals surface area contributed by atoms with E-state index in [-0.39, 0.29) is 17.5 Å². The Bertz CT molecular complexity index is 435. The predicted octanol–water partition coefficient (Wildman–Crippen LogP) is 2.64. The number of hydrogen-bond donors (Lipinski definition) is 2. The molecule has 2 unspecified atom stereocenters. The lowest BCUT2D eigenvalue weighted by molar-refractivity contribution is 0.0188. The van der Waals surface area contributed by atoms with E-state index in [1.807, 2.05) is 0 Å². The third kappa shape index (κ3) is 3.66. The number of rotatable bonds is 5. The summed E-state index contributed by atoms with van der Waals surface area (Å²) in [6, 6.07) is 4.45. The van der Waals surface area contributed by atoms with E-state index in [1.54, 1.807) is 12.1 Å². The van der Waals surface area contributed by atoms with Crippen LogP contribution in [-0.2, 0) is 4.74 Å². The molecule has 3 N–H and O–H groups in total.